The summed E-state index contributed by atoms with van der Waals surface area (Å²) in [6, 6.07) is 5.63. The van der Waals surface area contributed by atoms with Crippen LogP contribution in [0.5, 0.6) is 0 Å². The summed E-state index contributed by atoms with van der Waals surface area (Å²) in [6.45, 7) is 7.46. The van der Waals surface area contributed by atoms with Crippen LogP contribution in [-0.4, -0.2) is 37.3 Å². The topological polar surface area (TPSA) is 94.8 Å². The molecular formula is C18H22N6O2. The van der Waals surface area contributed by atoms with E-state index >= 15 is 0 Å². The van der Waals surface area contributed by atoms with Gasteiger partial charge in [0.05, 0.1) is 23.3 Å². The van der Waals surface area contributed by atoms with E-state index in [-0.39, 0.29) is 12.1 Å². The highest BCUT2D eigenvalue weighted by Gasteiger charge is 2.37. The van der Waals surface area contributed by atoms with Crippen molar-refractivity contribution in [1.29, 1.82) is 0 Å². The van der Waals surface area contributed by atoms with Crippen LogP contribution in [0.15, 0.2) is 41.4 Å². The molecule has 1 N–H and O–H groups in total. The van der Waals surface area contributed by atoms with Gasteiger partial charge in [0.1, 0.15) is 0 Å². The van der Waals surface area contributed by atoms with Crippen LogP contribution in [0.1, 0.15) is 45.1 Å². The number of dihydropyridines is 1. The van der Waals surface area contributed by atoms with Crippen LogP contribution >= 0.6 is 0 Å². The maximum atomic E-state index is 12.9. The fourth-order valence-corrected chi connectivity index (χ4v) is 3.14. The van der Waals surface area contributed by atoms with E-state index in [0.29, 0.717) is 11.4 Å². The fraction of sp³-hybridized carbons (Fsp3) is 0.389. The predicted molar refractivity (Wildman–Crippen MR) is 95.4 cm³/mol. The highest BCUT2D eigenvalue weighted by molar-refractivity contribution is 5.96. The van der Waals surface area contributed by atoms with Gasteiger partial charge in [-0.1, -0.05) is 6.07 Å². The van der Waals surface area contributed by atoms with Gasteiger partial charge in [0, 0.05) is 30.2 Å². The Kier molecular flexibility index (Phi) is 4.83. The van der Waals surface area contributed by atoms with Crippen molar-refractivity contribution in [1.82, 2.24) is 30.5 Å². The Morgan fingerprint density at radius 1 is 1.27 bits per heavy atom. The van der Waals surface area contributed by atoms with Crippen LogP contribution in [0.25, 0.3) is 5.57 Å². The van der Waals surface area contributed by atoms with Crippen molar-refractivity contribution in [2.75, 3.05) is 0 Å². The smallest absolute Gasteiger partial charge is 0.337 e. The van der Waals surface area contributed by atoms with Crippen molar-refractivity contribution in [3.8, 4) is 0 Å². The molecule has 1 aliphatic heterocycles. The van der Waals surface area contributed by atoms with E-state index in [2.05, 4.69) is 25.8 Å². The summed E-state index contributed by atoms with van der Waals surface area (Å²) in [5, 5.41) is 15.1. The van der Waals surface area contributed by atoms with Gasteiger partial charge in [-0.05, 0) is 50.3 Å². The summed E-state index contributed by atoms with van der Waals surface area (Å²) in [4.78, 5) is 17.4. The summed E-state index contributed by atoms with van der Waals surface area (Å²) in [7, 11) is 1.77. The summed E-state index contributed by atoms with van der Waals surface area (Å²) in [5.74, 6) is -0.220. The molecule has 0 aromatic carbocycles. The van der Waals surface area contributed by atoms with E-state index in [9.17, 15) is 4.79 Å². The van der Waals surface area contributed by atoms with E-state index in [0.717, 1.165) is 22.7 Å². The van der Waals surface area contributed by atoms with Gasteiger partial charge in [-0.2, -0.15) is 0 Å². The van der Waals surface area contributed by atoms with Crippen molar-refractivity contribution < 1.29 is 9.53 Å². The molecule has 8 nitrogen and oxygen atoms in total. The summed E-state index contributed by atoms with van der Waals surface area (Å²) in [6.07, 6.45) is 1.49. The number of aryl methyl sites for hydroxylation is 1. The molecule has 2 aromatic rings. The molecule has 0 fully saturated rings. The largest absolute Gasteiger partial charge is 0.460 e. The molecule has 136 valence electrons. The Hall–Kier alpha value is -3.03. The van der Waals surface area contributed by atoms with Crippen molar-refractivity contribution in [3.63, 3.8) is 0 Å². The van der Waals surface area contributed by atoms with Gasteiger partial charge >= 0.3 is 5.97 Å². The summed E-state index contributed by atoms with van der Waals surface area (Å²) < 4.78 is 7.08. The number of nitrogens with zero attached hydrogens (tertiary/aromatic N) is 5. The minimum absolute atomic E-state index is 0.223. The molecule has 0 radical (unpaired) electrons. The molecule has 1 unspecified atom stereocenters. The Balaban J connectivity index is 2.19. The van der Waals surface area contributed by atoms with Crippen molar-refractivity contribution in [2.24, 2.45) is 7.05 Å². The molecule has 26 heavy (non-hydrogen) atoms. The van der Waals surface area contributed by atoms with Gasteiger partial charge < -0.3 is 10.1 Å². The number of aromatic nitrogens is 5. The molecule has 0 saturated heterocycles. The van der Waals surface area contributed by atoms with Crippen molar-refractivity contribution >= 4 is 11.5 Å². The lowest BCUT2D eigenvalue weighted by Gasteiger charge is -2.30. The first-order valence-corrected chi connectivity index (χ1v) is 8.43. The lowest BCUT2D eigenvalue weighted by molar-refractivity contribution is -0.143. The maximum Gasteiger partial charge on any atom is 0.337 e. The Labute approximate surface area is 152 Å². The van der Waals surface area contributed by atoms with E-state index in [1.54, 1.807) is 17.9 Å². The third-order valence-corrected chi connectivity index (χ3v) is 4.17. The minimum Gasteiger partial charge on any atom is -0.460 e. The average Bonchev–Trinajstić information content (AvgIpc) is 3.00. The van der Waals surface area contributed by atoms with Gasteiger partial charge in [-0.25, -0.2) is 9.48 Å². The molecule has 0 spiro atoms. The van der Waals surface area contributed by atoms with Crippen LogP contribution in [0.3, 0.4) is 0 Å². The monoisotopic (exact) mass is 354 g/mol. The standard InChI is InChI=1S/C18H22N6O2/c1-10(2)26-18(25)15-12(4)20-11(3)14(17-21-22-23-24(17)5)16(15)13-8-6-7-9-19-13/h6-10,16,20H,1-5H3. The number of tetrazole rings is 1. The molecule has 0 aliphatic carbocycles. The predicted octanol–water partition coefficient (Wildman–Crippen LogP) is 1.95. The molecule has 2 aromatic heterocycles. The van der Waals surface area contributed by atoms with Crippen molar-refractivity contribution in [3.05, 3.63) is 52.9 Å². The molecule has 0 bridgehead atoms. The molecule has 1 aliphatic rings. The fourth-order valence-electron chi connectivity index (χ4n) is 3.14. The first kappa shape index (κ1) is 17.8. The van der Waals surface area contributed by atoms with Crippen LogP contribution in [0.4, 0.5) is 0 Å². The van der Waals surface area contributed by atoms with Crippen LogP contribution in [0.2, 0.25) is 0 Å². The quantitative estimate of drug-likeness (QED) is 0.839. The first-order valence-electron chi connectivity index (χ1n) is 8.43. The third kappa shape index (κ3) is 3.22. The van der Waals surface area contributed by atoms with E-state index in [1.807, 2.05) is 45.9 Å². The zero-order chi connectivity index (χ0) is 18.8. The number of nitrogens with one attached hydrogen (secondary N) is 1. The SMILES string of the molecule is CC1=C(C(=O)OC(C)C)C(c2ccccn2)C(c2nnnn2C)=C(C)N1. The zero-order valence-corrected chi connectivity index (χ0v) is 15.5. The van der Waals surface area contributed by atoms with E-state index in [1.165, 1.54) is 0 Å². The van der Waals surface area contributed by atoms with E-state index < -0.39 is 5.92 Å². The van der Waals surface area contributed by atoms with Gasteiger partial charge in [0.25, 0.3) is 0 Å². The van der Waals surface area contributed by atoms with Gasteiger partial charge in [-0.15, -0.1) is 5.10 Å². The van der Waals surface area contributed by atoms with Gasteiger partial charge in [0.2, 0.25) is 0 Å². The Morgan fingerprint density at radius 3 is 2.62 bits per heavy atom. The van der Waals surface area contributed by atoms with E-state index in [4.69, 9.17) is 4.74 Å². The molecular weight excluding hydrogens is 332 g/mol. The first-order chi connectivity index (χ1) is 12.4. The molecule has 0 amide bonds. The molecule has 3 rings (SSSR count). The highest BCUT2D eigenvalue weighted by atomic mass is 16.5. The normalized spacial score (nSPS) is 17.5. The third-order valence-electron chi connectivity index (χ3n) is 4.17. The van der Waals surface area contributed by atoms with Crippen LogP contribution in [0, 0.1) is 0 Å². The minimum atomic E-state index is -0.423. The van der Waals surface area contributed by atoms with Crippen molar-refractivity contribution in [2.45, 2.75) is 39.7 Å². The number of hydrogen-bond donors (Lipinski definition) is 1. The van der Waals surface area contributed by atoms with Gasteiger partial charge in [-0.3, -0.25) is 4.98 Å². The summed E-state index contributed by atoms with van der Waals surface area (Å²) in [5.41, 5.74) is 3.67. The lowest BCUT2D eigenvalue weighted by Crippen LogP contribution is -2.30. The second-order valence-electron chi connectivity index (χ2n) is 6.47. The molecule has 0 saturated carbocycles. The number of allylic oxidation sites excluding steroid dienone is 3. The van der Waals surface area contributed by atoms with Crippen LogP contribution < -0.4 is 5.32 Å². The van der Waals surface area contributed by atoms with Crippen LogP contribution in [-0.2, 0) is 16.6 Å². The number of esters is 1. The Morgan fingerprint density at radius 2 is 2.04 bits per heavy atom. The number of carbonyl (C=O) groups excluding carboxylic acids is 1. The Bertz CT molecular complexity index is 882. The lowest BCUT2D eigenvalue weighted by atomic mass is 9.82. The summed E-state index contributed by atoms with van der Waals surface area (Å²) >= 11 is 0. The number of pyridine rings is 1. The highest BCUT2D eigenvalue weighted by Crippen LogP contribution is 2.42. The van der Waals surface area contributed by atoms with Gasteiger partial charge in [0.15, 0.2) is 5.82 Å². The molecule has 1 atom stereocenters. The average molecular weight is 354 g/mol. The number of hydrogen-bond acceptors (Lipinski definition) is 7. The molecule has 8 heteroatoms. The zero-order valence-electron chi connectivity index (χ0n) is 15.5. The second kappa shape index (κ2) is 7.07. The molecule has 3 heterocycles. The maximum absolute atomic E-state index is 12.9. The second-order valence-corrected chi connectivity index (χ2v) is 6.47. The number of ether oxygens (including phenoxy) is 1. The number of rotatable bonds is 4. The number of carbonyl (C=O) groups is 1.